The first kappa shape index (κ1) is 26.8. The van der Waals surface area contributed by atoms with E-state index in [2.05, 4.69) is 13.2 Å². The molecular weight excluding hydrogens is 456 g/mol. The van der Waals surface area contributed by atoms with Crippen molar-refractivity contribution in [1.29, 1.82) is 0 Å². The molecule has 0 heterocycles. The minimum atomic E-state index is -0.769. The second-order valence-electron chi connectivity index (χ2n) is 8.37. The number of benzene rings is 3. The van der Waals surface area contributed by atoms with Gasteiger partial charge in [-0.1, -0.05) is 61.5 Å². The van der Waals surface area contributed by atoms with Crippen LogP contribution in [0.25, 0.3) is 21.5 Å². The van der Waals surface area contributed by atoms with Gasteiger partial charge in [-0.3, -0.25) is 0 Å². The zero-order valence-corrected chi connectivity index (χ0v) is 20.9. The van der Waals surface area contributed by atoms with Crippen LogP contribution in [0.5, 0.6) is 11.5 Å². The van der Waals surface area contributed by atoms with Gasteiger partial charge < -0.3 is 18.9 Å². The maximum Gasteiger partial charge on any atom is 0.513 e. The van der Waals surface area contributed by atoms with Crippen molar-refractivity contribution in [2.45, 2.75) is 51.9 Å². The second-order valence-corrected chi connectivity index (χ2v) is 8.37. The quantitative estimate of drug-likeness (QED) is 0.0789. The molecule has 6 heteroatoms. The molecule has 0 aromatic heterocycles. The smallest absolute Gasteiger partial charge is 0.434 e. The average Bonchev–Trinajstić information content (AvgIpc) is 2.89. The van der Waals surface area contributed by atoms with Crippen molar-refractivity contribution < 1.29 is 28.5 Å². The van der Waals surface area contributed by atoms with Crippen molar-refractivity contribution in [2.24, 2.45) is 0 Å². The van der Waals surface area contributed by atoms with E-state index in [9.17, 15) is 9.59 Å². The van der Waals surface area contributed by atoms with Crippen molar-refractivity contribution in [3.63, 3.8) is 0 Å². The summed E-state index contributed by atoms with van der Waals surface area (Å²) in [5.74, 6) is 0.761. The molecule has 0 saturated carbocycles. The van der Waals surface area contributed by atoms with E-state index < -0.39 is 12.3 Å². The van der Waals surface area contributed by atoms with E-state index in [4.69, 9.17) is 18.9 Å². The molecule has 0 aliphatic rings. The second kappa shape index (κ2) is 13.9. The third kappa shape index (κ3) is 6.87. The van der Waals surface area contributed by atoms with Crippen LogP contribution in [0.2, 0.25) is 0 Å². The molecule has 3 rings (SSSR count). The maximum atomic E-state index is 12.6. The van der Waals surface area contributed by atoms with Crippen molar-refractivity contribution in [1.82, 2.24) is 0 Å². The van der Waals surface area contributed by atoms with Crippen LogP contribution in [0, 0.1) is 0 Å². The molecule has 3 aromatic rings. The Hall–Kier alpha value is -3.80. The molecule has 0 aliphatic carbocycles. The lowest BCUT2D eigenvalue weighted by Crippen LogP contribution is -2.14. The minimum Gasteiger partial charge on any atom is -0.434 e. The van der Waals surface area contributed by atoms with Gasteiger partial charge in [0.15, 0.2) is 5.75 Å². The number of ether oxygens (including phenoxy) is 4. The summed E-state index contributed by atoms with van der Waals surface area (Å²) in [7, 11) is 0. The van der Waals surface area contributed by atoms with Gasteiger partial charge in [-0.05, 0) is 50.5 Å². The Kier molecular flexibility index (Phi) is 10.4. The fourth-order valence-electron chi connectivity index (χ4n) is 4.05. The first-order valence-electron chi connectivity index (χ1n) is 12.5. The summed E-state index contributed by atoms with van der Waals surface area (Å²) in [6.07, 6.45) is 7.80. The Morgan fingerprint density at radius 3 is 1.81 bits per heavy atom. The number of hydrogen-bond acceptors (Lipinski definition) is 6. The minimum absolute atomic E-state index is 0.266. The first-order valence-corrected chi connectivity index (χ1v) is 12.5. The number of carbonyl (C=O) groups excluding carboxylic acids is 2. The van der Waals surface area contributed by atoms with E-state index in [-0.39, 0.29) is 13.2 Å². The van der Waals surface area contributed by atoms with Crippen LogP contribution in [0.1, 0.15) is 51.0 Å². The highest BCUT2D eigenvalue weighted by atomic mass is 16.7. The molecule has 0 radical (unpaired) electrons. The van der Waals surface area contributed by atoms with Crippen LogP contribution < -0.4 is 9.47 Å². The van der Waals surface area contributed by atoms with Crippen molar-refractivity contribution >= 4 is 33.9 Å². The first-order chi connectivity index (χ1) is 17.6. The zero-order valence-electron chi connectivity index (χ0n) is 20.9. The highest BCUT2D eigenvalue weighted by Gasteiger charge is 2.22. The highest BCUT2D eigenvalue weighted by Crippen LogP contribution is 2.44. The van der Waals surface area contributed by atoms with Gasteiger partial charge in [0, 0.05) is 21.5 Å². The Balaban J connectivity index is 1.95. The van der Waals surface area contributed by atoms with Gasteiger partial charge in [-0.15, -0.1) is 13.2 Å². The third-order valence-corrected chi connectivity index (χ3v) is 5.84. The van der Waals surface area contributed by atoms with E-state index in [1.807, 2.05) is 61.5 Å². The third-order valence-electron chi connectivity index (χ3n) is 5.84. The van der Waals surface area contributed by atoms with E-state index in [1.54, 1.807) is 0 Å². The number of unbranched alkanes of at least 4 members (excludes halogenated alkanes) is 4. The van der Waals surface area contributed by atoms with E-state index in [0.717, 1.165) is 44.1 Å². The number of fused-ring (bicyclic) bond motifs is 2. The summed E-state index contributed by atoms with van der Waals surface area (Å²) in [6, 6.07) is 13.1. The van der Waals surface area contributed by atoms with Gasteiger partial charge >= 0.3 is 12.3 Å². The lowest BCUT2D eigenvalue weighted by molar-refractivity contribution is 0.0967. The highest BCUT2D eigenvalue weighted by molar-refractivity contribution is 6.13. The number of hydrogen-bond donors (Lipinski definition) is 0. The van der Waals surface area contributed by atoms with Crippen LogP contribution in [0.4, 0.5) is 9.59 Å². The van der Waals surface area contributed by atoms with Crippen molar-refractivity contribution in [2.75, 3.05) is 13.2 Å². The molecule has 0 fully saturated rings. The van der Waals surface area contributed by atoms with Crippen LogP contribution in [0.3, 0.4) is 0 Å². The number of carbonyl (C=O) groups is 2. The predicted molar refractivity (Wildman–Crippen MR) is 143 cm³/mol. The Morgan fingerprint density at radius 1 is 0.722 bits per heavy atom. The Morgan fingerprint density at radius 2 is 1.25 bits per heavy atom. The van der Waals surface area contributed by atoms with E-state index in [0.29, 0.717) is 39.5 Å². The summed E-state index contributed by atoms with van der Waals surface area (Å²) in [5, 5.41) is 2.64. The molecule has 0 aliphatic heterocycles. The largest absolute Gasteiger partial charge is 0.513 e. The number of aryl methyl sites for hydroxylation is 1. The van der Waals surface area contributed by atoms with Gasteiger partial charge in [0.1, 0.15) is 5.75 Å². The van der Waals surface area contributed by atoms with Gasteiger partial charge in [0.05, 0.1) is 13.2 Å². The van der Waals surface area contributed by atoms with Crippen LogP contribution in [-0.2, 0) is 15.9 Å². The normalized spacial score (nSPS) is 10.7. The molecule has 6 nitrogen and oxygen atoms in total. The van der Waals surface area contributed by atoms with Crippen LogP contribution in [-0.4, -0.2) is 25.5 Å². The Bertz CT molecular complexity index is 1210. The molecule has 0 spiro atoms. The summed E-state index contributed by atoms with van der Waals surface area (Å²) in [4.78, 5) is 25.2. The zero-order chi connectivity index (χ0) is 25.8. The lowest BCUT2D eigenvalue weighted by Gasteiger charge is -2.18. The van der Waals surface area contributed by atoms with Gasteiger partial charge in [-0.2, -0.15) is 0 Å². The molecular formula is C30H34O6. The number of allylic oxidation sites excluding steroid dienone is 2. The predicted octanol–water partition coefficient (Wildman–Crippen LogP) is 8.30. The van der Waals surface area contributed by atoms with Gasteiger partial charge in [-0.25, -0.2) is 9.59 Å². The lowest BCUT2D eigenvalue weighted by atomic mass is 9.96. The molecule has 0 bridgehead atoms. The summed E-state index contributed by atoms with van der Waals surface area (Å²) in [6.45, 7) is 9.95. The van der Waals surface area contributed by atoms with Crippen molar-refractivity contribution in [3.05, 3.63) is 73.3 Å². The van der Waals surface area contributed by atoms with E-state index in [1.165, 1.54) is 0 Å². The molecule has 0 saturated heterocycles. The molecule has 0 amide bonds. The summed E-state index contributed by atoms with van der Waals surface area (Å²) in [5.41, 5.74) is 0.953. The molecule has 190 valence electrons. The molecule has 0 atom stereocenters. The summed E-state index contributed by atoms with van der Waals surface area (Å²) >= 11 is 0. The molecule has 3 aromatic carbocycles. The number of rotatable bonds is 13. The maximum absolute atomic E-state index is 12.6. The van der Waals surface area contributed by atoms with Gasteiger partial charge in [0.25, 0.3) is 0 Å². The van der Waals surface area contributed by atoms with Crippen molar-refractivity contribution in [3.8, 4) is 11.5 Å². The average molecular weight is 491 g/mol. The van der Waals surface area contributed by atoms with Crippen LogP contribution >= 0.6 is 0 Å². The Labute approximate surface area is 212 Å². The van der Waals surface area contributed by atoms with Gasteiger partial charge in [0.2, 0.25) is 0 Å². The monoisotopic (exact) mass is 490 g/mol. The molecule has 0 N–H and O–H groups in total. The molecule has 0 unspecified atom stereocenters. The SMILES string of the molecule is C=CCCCCOC(=O)Oc1c2ccccc2c(OC(=O)OCCCCC=C)c2c(CC)cccc12. The van der Waals surface area contributed by atoms with E-state index >= 15 is 0 Å². The topological polar surface area (TPSA) is 71.1 Å². The molecule has 36 heavy (non-hydrogen) atoms. The standard InChI is InChI=1S/C30H34O6/c1-4-7-9-13-20-33-29(31)35-27-23-17-11-12-18-24(23)28(26-22(6-3)16-15-19-25(26)27)36-30(32)34-21-14-10-8-5-2/h4-5,11-12,15-19H,1-2,6-10,13-14,20-21H2,3H3. The van der Waals surface area contributed by atoms with Crippen LogP contribution in [0.15, 0.2) is 67.8 Å². The summed E-state index contributed by atoms with van der Waals surface area (Å²) < 4.78 is 22.2. The fourth-order valence-corrected chi connectivity index (χ4v) is 4.05. The fraction of sp³-hybridized carbons (Fsp3) is 0.333.